The Labute approximate surface area is 249 Å². The molecule has 0 radical (unpaired) electrons. The molecule has 0 spiro atoms. The Morgan fingerprint density at radius 1 is 0.929 bits per heavy atom. The Bertz CT molecular complexity index is 1510. The molecule has 5 rings (SSSR count). The Balaban J connectivity index is 1.18. The molecule has 1 aromatic heterocycles. The Morgan fingerprint density at radius 2 is 1.64 bits per heavy atom. The van der Waals surface area contributed by atoms with Gasteiger partial charge >= 0.3 is 6.09 Å². The molecule has 1 saturated heterocycles. The number of carbonyl (C=O) groups excluding carboxylic acids is 3. The van der Waals surface area contributed by atoms with Gasteiger partial charge in [-0.3, -0.25) is 9.59 Å². The fourth-order valence-electron chi connectivity index (χ4n) is 4.92. The average Bonchev–Trinajstić information content (AvgIpc) is 3.29. The van der Waals surface area contributed by atoms with E-state index in [0.29, 0.717) is 54.0 Å². The number of halogens is 1. The van der Waals surface area contributed by atoms with E-state index in [9.17, 15) is 14.4 Å². The van der Waals surface area contributed by atoms with E-state index < -0.39 is 11.5 Å². The molecule has 1 fully saturated rings. The number of para-hydroxylation sites is 1. The molecule has 3 amide bonds. The number of piperidine rings is 1. The fraction of sp³-hybridized carbons (Fsp3) is 0.312. The van der Waals surface area contributed by atoms with Crippen LogP contribution in [0.4, 0.5) is 16.3 Å². The highest BCUT2D eigenvalue weighted by Crippen LogP contribution is 2.41. The highest BCUT2D eigenvalue weighted by molar-refractivity contribution is 6.49. The topological polar surface area (TPSA) is 110 Å². The smallest absolute Gasteiger partial charge is 0.410 e. The molecule has 2 heterocycles. The lowest BCUT2D eigenvalue weighted by molar-refractivity contribution is -0.121. The van der Waals surface area contributed by atoms with Crippen molar-refractivity contribution < 1.29 is 23.9 Å². The van der Waals surface area contributed by atoms with Gasteiger partial charge in [0.2, 0.25) is 11.8 Å². The number of hydrogen-bond donors (Lipinski definition) is 2. The van der Waals surface area contributed by atoms with Crippen molar-refractivity contribution in [3.8, 4) is 11.5 Å². The number of aromatic nitrogens is 1. The third kappa shape index (κ3) is 7.09. The van der Waals surface area contributed by atoms with Crippen molar-refractivity contribution >= 4 is 46.0 Å². The van der Waals surface area contributed by atoms with Gasteiger partial charge in [0.15, 0.2) is 0 Å². The van der Waals surface area contributed by atoms with Gasteiger partial charge in [-0.25, -0.2) is 9.78 Å². The molecule has 10 heteroatoms. The van der Waals surface area contributed by atoms with Gasteiger partial charge in [0.25, 0.3) is 0 Å². The predicted octanol–water partition coefficient (Wildman–Crippen LogP) is 6.78. The van der Waals surface area contributed by atoms with Gasteiger partial charge in [-0.1, -0.05) is 35.9 Å². The minimum absolute atomic E-state index is 0.155. The molecule has 1 atom stereocenters. The number of likely N-dealkylation sites (tertiary alicyclic amines) is 1. The first kappa shape index (κ1) is 29.1. The molecule has 3 aromatic rings. The normalized spacial score (nSPS) is 16.7. The number of amides is 3. The van der Waals surface area contributed by atoms with Crippen molar-refractivity contribution in [2.24, 2.45) is 5.92 Å². The van der Waals surface area contributed by atoms with Crippen LogP contribution in [0.25, 0.3) is 5.03 Å². The van der Waals surface area contributed by atoms with E-state index in [-0.39, 0.29) is 23.8 Å². The van der Waals surface area contributed by atoms with E-state index in [1.807, 2.05) is 57.2 Å². The van der Waals surface area contributed by atoms with Crippen LogP contribution in [0.3, 0.4) is 0 Å². The number of fused-ring (bicyclic) bond motifs is 1. The Hall–Kier alpha value is -4.37. The first-order chi connectivity index (χ1) is 20.1. The molecule has 42 heavy (non-hydrogen) atoms. The van der Waals surface area contributed by atoms with Gasteiger partial charge in [0.05, 0.1) is 5.92 Å². The molecule has 2 N–H and O–H groups in total. The summed E-state index contributed by atoms with van der Waals surface area (Å²) in [7, 11) is 0. The minimum atomic E-state index is -0.561. The zero-order valence-corrected chi connectivity index (χ0v) is 24.5. The lowest BCUT2D eigenvalue weighted by atomic mass is 9.96. The Kier molecular flexibility index (Phi) is 8.49. The highest BCUT2D eigenvalue weighted by atomic mass is 35.5. The summed E-state index contributed by atoms with van der Waals surface area (Å²) < 4.78 is 11.5. The summed E-state index contributed by atoms with van der Waals surface area (Å²) in [5.74, 6) is 0.297. The zero-order chi connectivity index (χ0) is 29.9. The molecule has 9 nitrogen and oxygen atoms in total. The number of ether oxygens (including phenoxy) is 2. The third-order valence-corrected chi connectivity index (χ3v) is 7.32. The molecule has 0 saturated carbocycles. The maximum absolute atomic E-state index is 12.9. The highest BCUT2D eigenvalue weighted by Gasteiger charge is 2.31. The maximum atomic E-state index is 12.9. The van der Waals surface area contributed by atoms with Gasteiger partial charge in [-0.05, 0) is 75.6 Å². The molecule has 2 aliphatic rings. The van der Waals surface area contributed by atoms with Crippen molar-refractivity contribution in [3.05, 3.63) is 84.1 Å². The summed E-state index contributed by atoms with van der Waals surface area (Å²) in [6, 6.07) is 18.0. The van der Waals surface area contributed by atoms with Crippen molar-refractivity contribution in [3.63, 3.8) is 0 Å². The van der Waals surface area contributed by atoms with E-state index in [2.05, 4.69) is 15.6 Å². The number of nitrogens with one attached hydrogen (secondary N) is 2. The maximum Gasteiger partial charge on any atom is 0.410 e. The summed E-state index contributed by atoms with van der Waals surface area (Å²) in [4.78, 5) is 44.1. The summed E-state index contributed by atoms with van der Waals surface area (Å²) in [5, 5.41) is 6.27. The zero-order valence-electron chi connectivity index (χ0n) is 23.7. The fourth-order valence-corrected chi connectivity index (χ4v) is 5.21. The molecule has 218 valence electrons. The summed E-state index contributed by atoms with van der Waals surface area (Å²) in [6.07, 6.45) is 4.00. The summed E-state index contributed by atoms with van der Waals surface area (Å²) in [5.41, 5.74) is 1.67. The van der Waals surface area contributed by atoms with Crippen LogP contribution >= 0.6 is 11.6 Å². The number of hydrogen-bond acceptors (Lipinski definition) is 6. The second-order valence-electron chi connectivity index (χ2n) is 11.3. The van der Waals surface area contributed by atoms with Crippen molar-refractivity contribution in [1.82, 2.24) is 9.88 Å². The second kappa shape index (κ2) is 12.2. The molecule has 1 aliphatic carbocycles. The third-order valence-electron chi connectivity index (χ3n) is 6.99. The van der Waals surface area contributed by atoms with E-state index in [4.69, 9.17) is 21.1 Å². The first-order valence-electron chi connectivity index (χ1n) is 13.9. The van der Waals surface area contributed by atoms with Crippen molar-refractivity contribution in [2.75, 3.05) is 23.7 Å². The summed E-state index contributed by atoms with van der Waals surface area (Å²) >= 11 is 6.51. The lowest BCUT2D eigenvalue weighted by Gasteiger charge is -2.32. The van der Waals surface area contributed by atoms with Crippen LogP contribution in [0.5, 0.6) is 11.5 Å². The van der Waals surface area contributed by atoms with E-state index in [1.165, 1.54) is 0 Å². The van der Waals surface area contributed by atoms with Crippen LogP contribution in [-0.4, -0.2) is 46.5 Å². The SMILES string of the molecule is CC(C)(C)OC(=O)N1CCC(C(=O)Nc2cc(Oc3ccc4c(c3)C(Cl)=CC4C(=O)Nc3ccccc3)ccn2)CC1. The summed E-state index contributed by atoms with van der Waals surface area (Å²) in [6.45, 7) is 6.39. The number of pyridine rings is 1. The van der Waals surface area contributed by atoms with Crippen molar-refractivity contribution in [2.45, 2.75) is 45.1 Å². The molecule has 1 aliphatic heterocycles. The first-order valence-corrected chi connectivity index (χ1v) is 14.2. The van der Waals surface area contributed by atoms with Gasteiger partial charge < -0.3 is 25.0 Å². The van der Waals surface area contributed by atoms with Crippen LogP contribution < -0.4 is 15.4 Å². The molecular formula is C32H33ClN4O5. The van der Waals surface area contributed by atoms with Crippen LogP contribution in [-0.2, 0) is 14.3 Å². The Morgan fingerprint density at radius 3 is 2.36 bits per heavy atom. The number of benzene rings is 2. The molecular weight excluding hydrogens is 556 g/mol. The molecule has 1 unspecified atom stereocenters. The standard InChI is InChI=1S/C32H33ClN4O5/c1-32(2,3)42-31(40)37-15-12-20(13-16-37)29(38)36-28-18-23(11-14-34-28)41-22-9-10-24-25(17-22)27(33)19-26(24)30(39)35-21-7-5-4-6-8-21/h4-11,14,17-20,26H,12-13,15-16H2,1-3H3,(H,35,39)(H,34,36,38). The second-order valence-corrected chi connectivity index (χ2v) is 11.7. The van der Waals surface area contributed by atoms with Crippen LogP contribution in [0.15, 0.2) is 72.9 Å². The largest absolute Gasteiger partial charge is 0.457 e. The number of carbonyl (C=O) groups is 3. The van der Waals surface area contributed by atoms with E-state index in [0.717, 1.165) is 11.1 Å². The van der Waals surface area contributed by atoms with Crippen molar-refractivity contribution in [1.29, 1.82) is 0 Å². The monoisotopic (exact) mass is 588 g/mol. The van der Waals surface area contributed by atoms with Gasteiger partial charge in [0, 0.05) is 47.6 Å². The number of anilines is 2. The van der Waals surface area contributed by atoms with Crippen LogP contribution in [0, 0.1) is 5.92 Å². The van der Waals surface area contributed by atoms with E-state index >= 15 is 0 Å². The predicted molar refractivity (Wildman–Crippen MR) is 162 cm³/mol. The van der Waals surface area contributed by atoms with Gasteiger partial charge in [-0.2, -0.15) is 0 Å². The van der Waals surface area contributed by atoms with Crippen LogP contribution in [0.2, 0.25) is 0 Å². The van der Waals surface area contributed by atoms with Crippen LogP contribution in [0.1, 0.15) is 50.7 Å². The van der Waals surface area contributed by atoms with E-state index in [1.54, 1.807) is 41.4 Å². The number of rotatable bonds is 6. The lowest BCUT2D eigenvalue weighted by Crippen LogP contribution is -2.43. The van der Waals surface area contributed by atoms with Gasteiger partial charge in [0.1, 0.15) is 22.9 Å². The van der Waals surface area contributed by atoms with Gasteiger partial charge in [-0.15, -0.1) is 0 Å². The quantitative estimate of drug-likeness (QED) is 0.329. The average molecular weight is 589 g/mol. The molecule has 0 bridgehead atoms. The molecule has 2 aromatic carbocycles. The minimum Gasteiger partial charge on any atom is -0.457 e. The number of nitrogens with zero attached hydrogens (tertiary/aromatic N) is 2.